The standard InChI is InChI=1S/C14H10F3NO2S2/c1-2-22(19)11-5-6-21-12(11)13-18-9-7-8(14(15,16)17)3-4-10(9)20-13/h3-7H,2H2,1H3. The lowest BCUT2D eigenvalue weighted by Crippen LogP contribution is -2.03. The van der Waals surface area contributed by atoms with Gasteiger partial charge in [-0.25, -0.2) is 4.98 Å². The van der Waals surface area contributed by atoms with E-state index in [1.807, 2.05) is 0 Å². The monoisotopic (exact) mass is 345 g/mol. The van der Waals surface area contributed by atoms with Crippen LogP contribution in [-0.4, -0.2) is 14.9 Å². The first-order valence-electron chi connectivity index (χ1n) is 6.34. The molecule has 3 nitrogen and oxygen atoms in total. The molecule has 0 spiro atoms. The summed E-state index contributed by atoms with van der Waals surface area (Å²) in [4.78, 5) is 5.30. The molecule has 116 valence electrons. The number of alkyl halides is 3. The maximum atomic E-state index is 12.7. The van der Waals surface area contributed by atoms with Crippen LogP contribution >= 0.6 is 11.3 Å². The van der Waals surface area contributed by atoms with Crippen molar-refractivity contribution < 1.29 is 21.8 Å². The van der Waals surface area contributed by atoms with E-state index < -0.39 is 22.5 Å². The zero-order valence-electron chi connectivity index (χ0n) is 11.3. The van der Waals surface area contributed by atoms with Gasteiger partial charge >= 0.3 is 6.18 Å². The van der Waals surface area contributed by atoms with Gasteiger partial charge in [0.2, 0.25) is 5.89 Å². The van der Waals surface area contributed by atoms with Gasteiger partial charge < -0.3 is 4.42 Å². The number of hydrogen-bond acceptors (Lipinski definition) is 4. The molecule has 1 atom stereocenters. The summed E-state index contributed by atoms with van der Waals surface area (Å²) < 4.78 is 55.6. The van der Waals surface area contributed by atoms with Crippen LogP contribution < -0.4 is 0 Å². The van der Waals surface area contributed by atoms with Crippen LogP contribution in [0.1, 0.15) is 12.5 Å². The second-order valence-electron chi connectivity index (χ2n) is 4.45. The molecule has 0 N–H and O–H groups in total. The summed E-state index contributed by atoms with van der Waals surface area (Å²) in [7, 11) is -1.18. The number of rotatable bonds is 3. The lowest BCUT2D eigenvalue weighted by molar-refractivity contribution is -0.137. The van der Waals surface area contributed by atoms with Crippen LogP contribution in [0.5, 0.6) is 0 Å². The van der Waals surface area contributed by atoms with Crippen LogP contribution in [0.2, 0.25) is 0 Å². The Kier molecular flexibility index (Phi) is 3.82. The maximum Gasteiger partial charge on any atom is 0.416 e. The third kappa shape index (κ3) is 2.68. The van der Waals surface area contributed by atoms with E-state index in [-0.39, 0.29) is 17.0 Å². The van der Waals surface area contributed by atoms with Crippen molar-refractivity contribution in [2.75, 3.05) is 5.75 Å². The molecule has 0 radical (unpaired) electrons. The first-order valence-corrected chi connectivity index (χ1v) is 8.54. The number of benzene rings is 1. The zero-order valence-corrected chi connectivity index (χ0v) is 12.9. The van der Waals surface area contributed by atoms with E-state index in [0.717, 1.165) is 12.1 Å². The van der Waals surface area contributed by atoms with Crippen LogP contribution in [0.25, 0.3) is 21.9 Å². The van der Waals surface area contributed by atoms with Crippen molar-refractivity contribution in [1.29, 1.82) is 0 Å². The van der Waals surface area contributed by atoms with E-state index in [2.05, 4.69) is 4.98 Å². The van der Waals surface area contributed by atoms with E-state index in [0.29, 0.717) is 15.5 Å². The van der Waals surface area contributed by atoms with Gasteiger partial charge in [0.25, 0.3) is 0 Å². The topological polar surface area (TPSA) is 43.1 Å². The van der Waals surface area contributed by atoms with Crippen molar-refractivity contribution in [3.8, 4) is 10.8 Å². The van der Waals surface area contributed by atoms with Gasteiger partial charge in [-0.2, -0.15) is 13.2 Å². The van der Waals surface area contributed by atoms with Crippen molar-refractivity contribution in [2.24, 2.45) is 0 Å². The molecule has 1 unspecified atom stereocenters. The first kappa shape index (κ1) is 15.2. The Morgan fingerprint density at radius 3 is 2.77 bits per heavy atom. The van der Waals surface area contributed by atoms with Gasteiger partial charge in [-0.1, -0.05) is 6.92 Å². The van der Waals surface area contributed by atoms with Gasteiger partial charge in [0.15, 0.2) is 5.58 Å². The van der Waals surface area contributed by atoms with Gasteiger partial charge in [-0.3, -0.25) is 4.21 Å². The van der Waals surface area contributed by atoms with Crippen LogP contribution in [0.4, 0.5) is 13.2 Å². The highest BCUT2D eigenvalue weighted by Gasteiger charge is 2.31. The minimum absolute atomic E-state index is 0.131. The normalized spacial score (nSPS) is 13.6. The first-order chi connectivity index (χ1) is 10.4. The third-order valence-corrected chi connectivity index (χ3v) is 5.43. The van der Waals surface area contributed by atoms with Gasteiger partial charge in [0.1, 0.15) is 10.4 Å². The predicted molar refractivity (Wildman–Crippen MR) is 79.3 cm³/mol. The molecular weight excluding hydrogens is 335 g/mol. The lowest BCUT2D eigenvalue weighted by atomic mass is 10.2. The summed E-state index contributed by atoms with van der Waals surface area (Å²) in [6.45, 7) is 1.79. The maximum absolute atomic E-state index is 12.7. The fourth-order valence-corrected chi connectivity index (χ4v) is 4.04. The van der Waals surface area contributed by atoms with Crippen molar-refractivity contribution in [1.82, 2.24) is 4.98 Å². The summed E-state index contributed by atoms with van der Waals surface area (Å²) in [6, 6.07) is 4.87. The SMILES string of the molecule is CCS(=O)c1ccsc1-c1nc2cc(C(F)(F)F)ccc2o1. The van der Waals surface area contributed by atoms with Crippen molar-refractivity contribution in [2.45, 2.75) is 18.0 Å². The van der Waals surface area contributed by atoms with Gasteiger partial charge in [-0.15, -0.1) is 11.3 Å². The van der Waals surface area contributed by atoms with Crippen molar-refractivity contribution in [3.05, 3.63) is 35.2 Å². The Morgan fingerprint density at radius 2 is 2.09 bits per heavy atom. The molecule has 0 amide bonds. The van der Waals surface area contributed by atoms with E-state index in [4.69, 9.17) is 4.42 Å². The number of thiophene rings is 1. The highest BCUT2D eigenvalue weighted by Crippen LogP contribution is 2.36. The molecule has 3 rings (SSSR count). The number of aromatic nitrogens is 1. The number of hydrogen-bond donors (Lipinski definition) is 0. The fraction of sp³-hybridized carbons (Fsp3) is 0.214. The molecule has 0 aliphatic rings. The summed E-state index contributed by atoms with van der Waals surface area (Å²) in [5.41, 5.74) is -0.375. The summed E-state index contributed by atoms with van der Waals surface area (Å²) in [5, 5.41) is 1.76. The Bertz CT molecular complexity index is 851. The second-order valence-corrected chi connectivity index (χ2v) is 7.07. The zero-order chi connectivity index (χ0) is 15.9. The lowest BCUT2D eigenvalue weighted by Gasteiger charge is -2.04. The molecule has 8 heteroatoms. The molecular formula is C14H10F3NO2S2. The van der Waals surface area contributed by atoms with Crippen molar-refractivity contribution in [3.63, 3.8) is 0 Å². The molecule has 0 aliphatic carbocycles. The Balaban J connectivity index is 2.10. The quantitative estimate of drug-likeness (QED) is 0.691. The third-order valence-electron chi connectivity index (χ3n) is 3.05. The molecule has 2 aromatic heterocycles. The molecule has 0 saturated heterocycles. The Hall–Kier alpha value is -1.67. The summed E-state index contributed by atoms with van der Waals surface area (Å²) in [6.07, 6.45) is -4.43. The molecule has 3 aromatic rings. The minimum Gasteiger partial charge on any atom is -0.435 e. The molecule has 1 aromatic carbocycles. The average Bonchev–Trinajstić information content (AvgIpc) is 3.10. The number of halogens is 3. The molecule has 22 heavy (non-hydrogen) atoms. The summed E-state index contributed by atoms with van der Waals surface area (Å²) in [5.74, 6) is 0.642. The molecule has 0 saturated carbocycles. The Morgan fingerprint density at radius 1 is 1.32 bits per heavy atom. The number of nitrogens with zero attached hydrogens (tertiary/aromatic N) is 1. The van der Waals surface area contributed by atoms with Gasteiger partial charge in [-0.05, 0) is 29.6 Å². The van der Waals surface area contributed by atoms with E-state index >= 15 is 0 Å². The van der Waals surface area contributed by atoms with Crippen molar-refractivity contribution >= 4 is 33.2 Å². The fourth-order valence-electron chi connectivity index (χ4n) is 1.99. The summed E-state index contributed by atoms with van der Waals surface area (Å²) >= 11 is 1.30. The van der Waals surface area contributed by atoms with E-state index in [1.54, 1.807) is 18.4 Å². The Labute approximate surface area is 130 Å². The van der Waals surface area contributed by atoms with E-state index in [9.17, 15) is 17.4 Å². The highest BCUT2D eigenvalue weighted by atomic mass is 32.2. The largest absolute Gasteiger partial charge is 0.435 e. The molecule has 2 heterocycles. The average molecular weight is 345 g/mol. The predicted octanol–water partition coefficient (Wildman–Crippen LogP) is 4.70. The number of oxazole rings is 1. The molecule has 0 bridgehead atoms. The van der Waals surface area contributed by atoms with Crippen LogP contribution in [0, 0.1) is 0 Å². The van der Waals surface area contributed by atoms with E-state index in [1.165, 1.54) is 17.4 Å². The molecule has 0 fully saturated rings. The molecule has 0 aliphatic heterocycles. The van der Waals surface area contributed by atoms with Crippen LogP contribution in [-0.2, 0) is 17.0 Å². The number of fused-ring (bicyclic) bond motifs is 1. The van der Waals surface area contributed by atoms with Gasteiger partial charge in [0, 0.05) is 5.75 Å². The smallest absolute Gasteiger partial charge is 0.416 e. The van der Waals surface area contributed by atoms with Crippen LogP contribution in [0.3, 0.4) is 0 Å². The van der Waals surface area contributed by atoms with Gasteiger partial charge in [0.05, 0.1) is 21.3 Å². The second kappa shape index (κ2) is 5.51. The highest BCUT2D eigenvalue weighted by molar-refractivity contribution is 7.85. The van der Waals surface area contributed by atoms with Crippen LogP contribution in [0.15, 0.2) is 39.0 Å². The minimum atomic E-state index is -4.43.